The maximum absolute atomic E-state index is 12.5. The molecule has 0 spiro atoms. The normalized spacial score (nSPS) is 21.6. The van der Waals surface area contributed by atoms with Crippen LogP contribution >= 0.6 is 28.3 Å². The van der Waals surface area contributed by atoms with Gasteiger partial charge in [0.15, 0.2) is 5.76 Å². The zero-order chi connectivity index (χ0) is 14.3. The smallest absolute Gasteiger partial charge is 0.289 e. The molecule has 0 bridgehead atoms. The number of carbonyl (C=O) groups excluding carboxylic acids is 1. The number of likely N-dealkylation sites (tertiary alicyclic amines) is 1. The van der Waals surface area contributed by atoms with Gasteiger partial charge in [0.1, 0.15) is 5.58 Å². The summed E-state index contributed by atoms with van der Waals surface area (Å²) in [7, 11) is 0. The Bertz CT molecular complexity index is 673. The Kier molecular flexibility index (Phi) is 4.66. The number of amides is 1. The van der Waals surface area contributed by atoms with E-state index in [1.165, 1.54) is 0 Å². The van der Waals surface area contributed by atoms with Crippen molar-refractivity contribution in [3.63, 3.8) is 0 Å². The molecule has 114 valence electrons. The number of nitrogens with two attached hydrogens (primary N) is 1. The van der Waals surface area contributed by atoms with Crippen molar-refractivity contribution in [2.45, 2.75) is 13.3 Å². The van der Waals surface area contributed by atoms with Gasteiger partial charge in [-0.1, -0.05) is 22.9 Å². The zero-order valence-electron chi connectivity index (χ0n) is 11.8. The number of fused-ring (bicyclic) bond motifs is 1. The van der Waals surface area contributed by atoms with Crippen LogP contribution in [0.1, 0.15) is 23.9 Å². The highest BCUT2D eigenvalue weighted by Crippen LogP contribution is 2.31. The van der Waals surface area contributed by atoms with Gasteiger partial charge in [0.05, 0.1) is 0 Å². The Morgan fingerprint density at radius 1 is 1.48 bits per heavy atom. The largest absolute Gasteiger partial charge is 0.451 e. The van der Waals surface area contributed by atoms with Crippen LogP contribution in [0.25, 0.3) is 11.0 Å². The van der Waals surface area contributed by atoms with Crippen LogP contribution in [0.15, 0.2) is 33.2 Å². The summed E-state index contributed by atoms with van der Waals surface area (Å²) in [6.45, 7) is 4.16. The van der Waals surface area contributed by atoms with Gasteiger partial charge in [-0.15, -0.1) is 12.4 Å². The van der Waals surface area contributed by atoms with Gasteiger partial charge in [-0.2, -0.15) is 0 Å². The molecule has 2 aromatic rings. The molecule has 4 nitrogen and oxygen atoms in total. The van der Waals surface area contributed by atoms with Crippen LogP contribution in [0.2, 0.25) is 0 Å². The summed E-state index contributed by atoms with van der Waals surface area (Å²) in [6, 6.07) is 7.52. The summed E-state index contributed by atoms with van der Waals surface area (Å²) >= 11 is 3.42. The second kappa shape index (κ2) is 5.99. The van der Waals surface area contributed by atoms with Crippen molar-refractivity contribution in [2.75, 3.05) is 19.6 Å². The monoisotopic (exact) mass is 372 g/mol. The summed E-state index contributed by atoms with van der Waals surface area (Å²) in [5.74, 6) is 0.355. The number of nitrogens with zero attached hydrogens (tertiary/aromatic N) is 1. The first-order valence-electron chi connectivity index (χ1n) is 6.69. The maximum atomic E-state index is 12.5. The number of carbonyl (C=O) groups is 1. The first kappa shape index (κ1) is 16.3. The number of rotatable bonds is 2. The predicted octanol–water partition coefficient (Wildman–Crippen LogP) is 3.43. The molecule has 2 N–H and O–H groups in total. The average Bonchev–Trinajstić information content (AvgIpc) is 3.02. The van der Waals surface area contributed by atoms with E-state index in [2.05, 4.69) is 22.9 Å². The molecule has 1 atom stereocenters. The van der Waals surface area contributed by atoms with Crippen molar-refractivity contribution in [2.24, 2.45) is 11.1 Å². The lowest BCUT2D eigenvalue weighted by molar-refractivity contribution is 0.0747. The van der Waals surface area contributed by atoms with Crippen LogP contribution in [0.4, 0.5) is 0 Å². The van der Waals surface area contributed by atoms with Crippen molar-refractivity contribution in [1.29, 1.82) is 0 Å². The molecule has 1 saturated heterocycles. The van der Waals surface area contributed by atoms with Crippen LogP contribution in [-0.2, 0) is 0 Å². The van der Waals surface area contributed by atoms with Crippen LogP contribution in [0.3, 0.4) is 0 Å². The Morgan fingerprint density at radius 2 is 2.24 bits per heavy atom. The molecule has 1 aliphatic heterocycles. The molecule has 2 heterocycles. The highest BCUT2D eigenvalue weighted by atomic mass is 79.9. The molecule has 21 heavy (non-hydrogen) atoms. The van der Waals surface area contributed by atoms with E-state index in [4.69, 9.17) is 10.2 Å². The van der Waals surface area contributed by atoms with Crippen LogP contribution < -0.4 is 5.73 Å². The Balaban J connectivity index is 0.00000161. The van der Waals surface area contributed by atoms with E-state index in [9.17, 15) is 4.79 Å². The lowest BCUT2D eigenvalue weighted by atomic mass is 9.90. The first-order chi connectivity index (χ1) is 9.50. The molecule has 0 aliphatic carbocycles. The number of hydrogen-bond acceptors (Lipinski definition) is 3. The number of benzene rings is 1. The third-order valence-electron chi connectivity index (χ3n) is 4.03. The highest BCUT2D eigenvalue weighted by molar-refractivity contribution is 9.10. The number of furan rings is 1. The molecule has 1 fully saturated rings. The highest BCUT2D eigenvalue weighted by Gasteiger charge is 2.36. The zero-order valence-corrected chi connectivity index (χ0v) is 14.2. The van der Waals surface area contributed by atoms with Gasteiger partial charge >= 0.3 is 0 Å². The van der Waals surface area contributed by atoms with Crippen molar-refractivity contribution < 1.29 is 9.21 Å². The quantitative estimate of drug-likeness (QED) is 0.877. The SMILES string of the molecule is CC1(CN)CCN(C(=O)c2cc3cc(Br)ccc3o2)C1.Cl. The van der Waals surface area contributed by atoms with Gasteiger partial charge in [-0.05, 0) is 42.6 Å². The van der Waals surface area contributed by atoms with E-state index in [0.717, 1.165) is 28.4 Å². The molecule has 1 aliphatic rings. The van der Waals surface area contributed by atoms with E-state index in [1.54, 1.807) is 6.07 Å². The van der Waals surface area contributed by atoms with Gasteiger partial charge in [0.2, 0.25) is 0 Å². The van der Waals surface area contributed by atoms with Gasteiger partial charge < -0.3 is 15.1 Å². The third-order valence-corrected chi connectivity index (χ3v) is 4.52. The third kappa shape index (κ3) is 3.10. The number of halogens is 2. The van der Waals surface area contributed by atoms with Gasteiger partial charge in [-0.25, -0.2) is 0 Å². The van der Waals surface area contributed by atoms with Crippen LogP contribution in [0, 0.1) is 5.41 Å². The fraction of sp³-hybridized carbons (Fsp3) is 0.400. The lowest BCUT2D eigenvalue weighted by Gasteiger charge is -2.21. The second-order valence-corrected chi connectivity index (χ2v) is 6.70. The molecule has 0 saturated carbocycles. The van der Waals surface area contributed by atoms with E-state index in [0.29, 0.717) is 18.8 Å². The summed E-state index contributed by atoms with van der Waals surface area (Å²) in [6.07, 6.45) is 0.945. The van der Waals surface area contributed by atoms with Crippen LogP contribution in [-0.4, -0.2) is 30.4 Å². The molecule has 1 aromatic heterocycles. The molecule has 1 unspecified atom stereocenters. The lowest BCUT2D eigenvalue weighted by Crippen LogP contribution is -2.34. The van der Waals surface area contributed by atoms with Gasteiger partial charge in [0.25, 0.3) is 5.91 Å². The summed E-state index contributed by atoms with van der Waals surface area (Å²) in [5, 5.41) is 0.934. The maximum Gasteiger partial charge on any atom is 0.289 e. The fourth-order valence-corrected chi connectivity index (χ4v) is 3.02. The molecule has 1 amide bonds. The Morgan fingerprint density at radius 3 is 2.90 bits per heavy atom. The van der Waals surface area contributed by atoms with Crippen molar-refractivity contribution in [3.8, 4) is 0 Å². The van der Waals surface area contributed by atoms with Crippen LogP contribution in [0.5, 0.6) is 0 Å². The van der Waals surface area contributed by atoms with Crippen molar-refractivity contribution >= 4 is 45.2 Å². The molecule has 0 radical (unpaired) electrons. The van der Waals surface area contributed by atoms with Gasteiger partial charge in [-0.3, -0.25) is 4.79 Å². The van der Waals surface area contributed by atoms with E-state index < -0.39 is 0 Å². The topological polar surface area (TPSA) is 59.5 Å². The molecule has 6 heteroatoms. The fourth-order valence-electron chi connectivity index (χ4n) is 2.64. The van der Waals surface area contributed by atoms with E-state index in [-0.39, 0.29) is 23.7 Å². The van der Waals surface area contributed by atoms with E-state index in [1.807, 2.05) is 23.1 Å². The summed E-state index contributed by atoms with van der Waals surface area (Å²) < 4.78 is 6.63. The summed E-state index contributed by atoms with van der Waals surface area (Å²) in [4.78, 5) is 14.3. The number of hydrogen-bond donors (Lipinski definition) is 1. The minimum absolute atomic E-state index is 0. The predicted molar refractivity (Wildman–Crippen MR) is 88.8 cm³/mol. The molecular formula is C15H18BrClN2O2. The standard InChI is InChI=1S/C15H17BrN2O2.ClH/c1-15(8-17)4-5-18(9-15)14(19)13-7-10-6-11(16)2-3-12(10)20-13;/h2-3,6-7H,4-5,8-9,17H2,1H3;1H. The molecule has 3 rings (SSSR count). The molecular weight excluding hydrogens is 356 g/mol. The summed E-state index contributed by atoms with van der Waals surface area (Å²) in [5.41, 5.74) is 6.55. The minimum Gasteiger partial charge on any atom is -0.451 e. The average molecular weight is 374 g/mol. The van der Waals surface area contributed by atoms with E-state index >= 15 is 0 Å². The minimum atomic E-state index is -0.0468. The Hall–Kier alpha value is -1.04. The van der Waals surface area contributed by atoms with Crippen molar-refractivity contribution in [3.05, 3.63) is 34.5 Å². The van der Waals surface area contributed by atoms with Gasteiger partial charge in [0, 0.05) is 22.9 Å². The van der Waals surface area contributed by atoms with Crippen molar-refractivity contribution in [1.82, 2.24) is 4.90 Å². The first-order valence-corrected chi connectivity index (χ1v) is 7.48. The molecule has 1 aromatic carbocycles. The second-order valence-electron chi connectivity index (χ2n) is 5.78. The Labute approximate surface area is 138 Å².